The fourth-order valence-electron chi connectivity index (χ4n) is 1.16. The van der Waals surface area contributed by atoms with Crippen LogP contribution in [0.15, 0.2) is 18.2 Å². The van der Waals surface area contributed by atoms with Crippen LogP contribution in [0.4, 0.5) is 0 Å². The fraction of sp³-hybridized carbons (Fsp3) is 0.333. The number of nitriles is 2. The molecule has 0 heterocycles. The zero-order chi connectivity index (χ0) is 12.0. The molecule has 0 aliphatic rings. The summed E-state index contributed by atoms with van der Waals surface area (Å²) in [6.45, 7) is 3.97. The van der Waals surface area contributed by atoms with Crippen LogP contribution in [0.5, 0.6) is 11.5 Å². The van der Waals surface area contributed by atoms with Gasteiger partial charge in [0.05, 0.1) is 18.2 Å². The SMILES string of the molecule is CCOc1cc(C#N)ccc1O[C@@H](C)C#N. The van der Waals surface area contributed by atoms with E-state index in [9.17, 15) is 0 Å². The van der Waals surface area contributed by atoms with Crippen molar-refractivity contribution >= 4 is 0 Å². The monoisotopic (exact) mass is 216 g/mol. The van der Waals surface area contributed by atoms with E-state index < -0.39 is 6.10 Å². The zero-order valence-corrected chi connectivity index (χ0v) is 9.23. The van der Waals surface area contributed by atoms with Gasteiger partial charge in [-0.15, -0.1) is 0 Å². The number of ether oxygens (including phenoxy) is 2. The lowest BCUT2D eigenvalue weighted by Crippen LogP contribution is -2.09. The molecular formula is C12H12N2O2. The average molecular weight is 216 g/mol. The van der Waals surface area contributed by atoms with E-state index in [1.165, 1.54) is 0 Å². The van der Waals surface area contributed by atoms with E-state index in [-0.39, 0.29) is 0 Å². The first-order valence-corrected chi connectivity index (χ1v) is 4.94. The summed E-state index contributed by atoms with van der Waals surface area (Å²) in [6.07, 6.45) is -0.549. The smallest absolute Gasteiger partial charge is 0.181 e. The van der Waals surface area contributed by atoms with Crippen molar-refractivity contribution in [2.45, 2.75) is 20.0 Å². The van der Waals surface area contributed by atoms with Gasteiger partial charge in [0.1, 0.15) is 6.07 Å². The first-order valence-electron chi connectivity index (χ1n) is 4.94. The number of benzene rings is 1. The van der Waals surface area contributed by atoms with Gasteiger partial charge in [0.15, 0.2) is 17.6 Å². The highest BCUT2D eigenvalue weighted by molar-refractivity contribution is 5.47. The minimum absolute atomic E-state index is 0.478. The van der Waals surface area contributed by atoms with Gasteiger partial charge in [-0.2, -0.15) is 10.5 Å². The third-order valence-corrected chi connectivity index (χ3v) is 1.86. The summed E-state index contributed by atoms with van der Waals surface area (Å²) in [5, 5.41) is 17.4. The fourth-order valence-corrected chi connectivity index (χ4v) is 1.16. The Bertz CT molecular complexity index is 443. The zero-order valence-electron chi connectivity index (χ0n) is 9.23. The number of nitrogens with zero attached hydrogens (tertiary/aromatic N) is 2. The van der Waals surface area contributed by atoms with Crippen molar-refractivity contribution in [3.8, 4) is 23.6 Å². The van der Waals surface area contributed by atoms with Crippen LogP contribution in [0.1, 0.15) is 19.4 Å². The van der Waals surface area contributed by atoms with Crippen molar-refractivity contribution in [1.29, 1.82) is 10.5 Å². The highest BCUT2D eigenvalue weighted by atomic mass is 16.5. The van der Waals surface area contributed by atoms with E-state index in [1.54, 1.807) is 25.1 Å². The van der Waals surface area contributed by atoms with E-state index in [0.29, 0.717) is 23.7 Å². The van der Waals surface area contributed by atoms with Crippen molar-refractivity contribution in [1.82, 2.24) is 0 Å². The molecule has 0 bridgehead atoms. The second-order valence-corrected chi connectivity index (χ2v) is 3.10. The van der Waals surface area contributed by atoms with Gasteiger partial charge in [0, 0.05) is 6.07 Å². The van der Waals surface area contributed by atoms with E-state index in [2.05, 4.69) is 0 Å². The minimum Gasteiger partial charge on any atom is -0.490 e. The molecule has 0 saturated heterocycles. The highest BCUT2D eigenvalue weighted by Gasteiger charge is 2.09. The Morgan fingerprint density at radius 3 is 2.62 bits per heavy atom. The molecule has 0 aliphatic heterocycles. The number of rotatable bonds is 4. The second-order valence-electron chi connectivity index (χ2n) is 3.10. The third-order valence-electron chi connectivity index (χ3n) is 1.86. The van der Waals surface area contributed by atoms with Gasteiger partial charge in [-0.25, -0.2) is 0 Å². The van der Waals surface area contributed by atoms with Crippen LogP contribution in [-0.2, 0) is 0 Å². The molecule has 0 aliphatic carbocycles. The maximum Gasteiger partial charge on any atom is 0.181 e. The van der Waals surface area contributed by atoms with Gasteiger partial charge in [-0.1, -0.05) is 0 Å². The molecule has 0 saturated carbocycles. The van der Waals surface area contributed by atoms with Crippen LogP contribution in [0.25, 0.3) is 0 Å². The largest absolute Gasteiger partial charge is 0.490 e. The molecule has 4 nitrogen and oxygen atoms in total. The predicted octanol–water partition coefficient (Wildman–Crippen LogP) is 2.25. The number of hydrogen-bond donors (Lipinski definition) is 0. The normalized spacial score (nSPS) is 11.0. The summed E-state index contributed by atoms with van der Waals surface area (Å²) in [4.78, 5) is 0. The molecule has 4 heteroatoms. The first kappa shape index (κ1) is 11.9. The van der Waals surface area contributed by atoms with E-state index >= 15 is 0 Å². The van der Waals surface area contributed by atoms with Gasteiger partial charge >= 0.3 is 0 Å². The molecule has 0 radical (unpaired) electrons. The van der Waals surface area contributed by atoms with Crippen LogP contribution in [0.2, 0.25) is 0 Å². The lowest BCUT2D eigenvalue weighted by atomic mass is 10.2. The van der Waals surface area contributed by atoms with Crippen LogP contribution in [-0.4, -0.2) is 12.7 Å². The molecule has 0 spiro atoms. The highest BCUT2D eigenvalue weighted by Crippen LogP contribution is 2.29. The van der Waals surface area contributed by atoms with E-state index in [4.69, 9.17) is 20.0 Å². The summed E-state index contributed by atoms with van der Waals surface area (Å²) in [6, 6.07) is 8.85. The molecule has 0 amide bonds. The van der Waals surface area contributed by atoms with Crippen molar-refractivity contribution in [2.24, 2.45) is 0 Å². The summed E-state index contributed by atoms with van der Waals surface area (Å²) < 4.78 is 10.7. The minimum atomic E-state index is -0.549. The van der Waals surface area contributed by atoms with Crippen molar-refractivity contribution in [3.05, 3.63) is 23.8 Å². The van der Waals surface area contributed by atoms with Crippen molar-refractivity contribution in [2.75, 3.05) is 6.61 Å². The van der Waals surface area contributed by atoms with Crippen LogP contribution >= 0.6 is 0 Å². The molecular weight excluding hydrogens is 204 g/mol. The molecule has 1 aromatic carbocycles. The lowest BCUT2D eigenvalue weighted by Gasteiger charge is -2.12. The lowest BCUT2D eigenvalue weighted by molar-refractivity contribution is 0.250. The second kappa shape index (κ2) is 5.63. The molecule has 1 rings (SSSR count). The molecule has 1 aromatic rings. The van der Waals surface area contributed by atoms with Crippen molar-refractivity contribution in [3.63, 3.8) is 0 Å². The average Bonchev–Trinajstić information content (AvgIpc) is 2.31. The van der Waals surface area contributed by atoms with Gasteiger partial charge < -0.3 is 9.47 Å². The molecule has 0 unspecified atom stereocenters. The van der Waals surface area contributed by atoms with Gasteiger partial charge in [0.2, 0.25) is 0 Å². The Morgan fingerprint density at radius 2 is 2.06 bits per heavy atom. The van der Waals surface area contributed by atoms with Gasteiger partial charge in [-0.3, -0.25) is 0 Å². The Labute approximate surface area is 94.6 Å². The molecule has 82 valence electrons. The van der Waals surface area contributed by atoms with Crippen LogP contribution in [0, 0.1) is 22.7 Å². The van der Waals surface area contributed by atoms with Gasteiger partial charge in [-0.05, 0) is 26.0 Å². The number of hydrogen-bond acceptors (Lipinski definition) is 4. The van der Waals surface area contributed by atoms with Crippen molar-refractivity contribution < 1.29 is 9.47 Å². The van der Waals surface area contributed by atoms with Crippen LogP contribution in [0.3, 0.4) is 0 Å². The van der Waals surface area contributed by atoms with Crippen LogP contribution < -0.4 is 9.47 Å². The Morgan fingerprint density at radius 1 is 1.31 bits per heavy atom. The maximum atomic E-state index is 8.75. The first-order chi connectivity index (χ1) is 7.71. The maximum absolute atomic E-state index is 8.75. The third kappa shape index (κ3) is 2.90. The molecule has 0 N–H and O–H groups in total. The topological polar surface area (TPSA) is 66.0 Å². The van der Waals surface area contributed by atoms with E-state index in [0.717, 1.165) is 0 Å². The Hall–Kier alpha value is -2.20. The summed E-state index contributed by atoms with van der Waals surface area (Å²) in [5.41, 5.74) is 0.500. The standard InChI is InChI=1S/C12H12N2O2/c1-3-15-12-6-10(8-14)4-5-11(12)16-9(2)7-13/h4-6,9H,3H2,1-2H3/t9-/m0/s1. The van der Waals surface area contributed by atoms with E-state index in [1.807, 2.05) is 19.1 Å². The summed E-state index contributed by atoms with van der Waals surface area (Å²) in [7, 11) is 0. The van der Waals surface area contributed by atoms with Gasteiger partial charge in [0.25, 0.3) is 0 Å². The Kier molecular flexibility index (Phi) is 4.17. The summed E-state index contributed by atoms with van der Waals surface area (Å²) in [5.74, 6) is 0.971. The molecule has 0 aromatic heterocycles. The Balaban J connectivity index is 3.00. The predicted molar refractivity (Wildman–Crippen MR) is 58.0 cm³/mol. The molecule has 16 heavy (non-hydrogen) atoms. The molecule has 0 fully saturated rings. The summed E-state index contributed by atoms with van der Waals surface area (Å²) >= 11 is 0. The quantitative estimate of drug-likeness (QED) is 0.774. The molecule has 1 atom stereocenters.